The van der Waals surface area contributed by atoms with Crippen LogP contribution in [0.5, 0.6) is 5.75 Å². The number of fused-ring (bicyclic) bond motifs is 1. The minimum absolute atomic E-state index is 0.102. The third kappa shape index (κ3) is 4.36. The van der Waals surface area contributed by atoms with Gasteiger partial charge in [0.2, 0.25) is 0 Å². The van der Waals surface area contributed by atoms with Gasteiger partial charge in [-0.05, 0) is 35.0 Å². The minimum Gasteiger partial charge on any atom is -0.483 e. The van der Waals surface area contributed by atoms with Gasteiger partial charge >= 0.3 is 6.18 Å². The second kappa shape index (κ2) is 7.38. The van der Waals surface area contributed by atoms with Gasteiger partial charge in [0.1, 0.15) is 11.8 Å². The fourth-order valence-corrected chi connectivity index (χ4v) is 2.60. The number of nitriles is 1. The van der Waals surface area contributed by atoms with Crippen LogP contribution in [0.2, 0.25) is 0 Å². The smallest absolute Gasteiger partial charge is 0.422 e. The molecule has 0 heterocycles. The lowest BCUT2D eigenvalue weighted by Gasteiger charge is -2.12. The minimum atomic E-state index is -4.51. The zero-order chi connectivity index (χ0) is 19.4. The number of nitrogens with one attached hydrogen (secondary N) is 1. The first-order valence-corrected chi connectivity index (χ1v) is 7.90. The molecule has 0 atom stereocenters. The summed E-state index contributed by atoms with van der Waals surface area (Å²) >= 11 is 0. The number of hydrogen-bond donors (Lipinski definition) is 1. The van der Waals surface area contributed by atoms with Crippen molar-refractivity contribution in [2.45, 2.75) is 6.18 Å². The van der Waals surface area contributed by atoms with Gasteiger partial charge in [0, 0.05) is 11.3 Å². The van der Waals surface area contributed by atoms with E-state index in [1.807, 2.05) is 30.3 Å². The monoisotopic (exact) mass is 370 g/mol. The van der Waals surface area contributed by atoms with E-state index in [4.69, 9.17) is 5.26 Å². The fraction of sp³-hybridized carbons (Fsp3) is 0.100. The van der Waals surface area contributed by atoms with Crippen molar-refractivity contribution in [3.63, 3.8) is 0 Å². The van der Waals surface area contributed by atoms with Gasteiger partial charge < -0.3 is 10.1 Å². The van der Waals surface area contributed by atoms with E-state index >= 15 is 0 Å². The van der Waals surface area contributed by atoms with Gasteiger partial charge in [0.05, 0.1) is 5.56 Å². The van der Waals surface area contributed by atoms with Crippen LogP contribution in [0, 0.1) is 11.3 Å². The van der Waals surface area contributed by atoms with Crippen molar-refractivity contribution in [1.29, 1.82) is 5.26 Å². The Labute approximate surface area is 152 Å². The van der Waals surface area contributed by atoms with Crippen LogP contribution in [0.3, 0.4) is 0 Å². The second-order valence-corrected chi connectivity index (χ2v) is 5.71. The lowest BCUT2D eigenvalue weighted by atomic mass is 10.0. The number of halogens is 3. The highest BCUT2D eigenvalue weighted by molar-refractivity contribution is 6.12. The van der Waals surface area contributed by atoms with Crippen molar-refractivity contribution in [2.75, 3.05) is 11.9 Å². The van der Waals surface area contributed by atoms with Crippen LogP contribution in [0.15, 0.2) is 60.7 Å². The quantitative estimate of drug-likeness (QED) is 0.710. The normalized spacial score (nSPS) is 11.0. The summed E-state index contributed by atoms with van der Waals surface area (Å²) in [6.07, 6.45) is -4.51. The van der Waals surface area contributed by atoms with Crippen molar-refractivity contribution in [1.82, 2.24) is 0 Å². The van der Waals surface area contributed by atoms with Gasteiger partial charge in [-0.1, -0.05) is 36.4 Å². The highest BCUT2D eigenvalue weighted by Gasteiger charge is 2.28. The molecule has 136 valence electrons. The average Bonchev–Trinajstić information content (AvgIpc) is 2.65. The first-order valence-electron chi connectivity index (χ1n) is 7.90. The largest absolute Gasteiger partial charge is 0.483 e. The molecule has 1 N–H and O–H groups in total. The van der Waals surface area contributed by atoms with Crippen LogP contribution in [-0.2, 0) is 0 Å². The number of anilines is 1. The van der Waals surface area contributed by atoms with Crippen LogP contribution in [0.4, 0.5) is 18.9 Å². The topological polar surface area (TPSA) is 62.1 Å². The molecule has 3 aromatic rings. The van der Waals surface area contributed by atoms with Crippen molar-refractivity contribution in [2.24, 2.45) is 0 Å². The Morgan fingerprint density at radius 2 is 1.81 bits per heavy atom. The fourth-order valence-electron chi connectivity index (χ4n) is 2.60. The second-order valence-electron chi connectivity index (χ2n) is 5.71. The third-order valence-electron chi connectivity index (χ3n) is 3.78. The summed E-state index contributed by atoms with van der Waals surface area (Å²) in [6, 6.07) is 18.3. The van der Waals surface area contributed by atoms with E-state index < -0.39 is 12.8 Å². The first-order chi connectivity index (χ1) is 12.9. The van der Waals surface area contributed by atoms with Gasteiger partial charge in [-0.25, -0.2) is 0 Å². The lowest BCUT2D eigenvalue weighted by molar-refractivity contribution is -0.153. The molecule has 4 nitrogen and oxygen atoms in total. The number of nitrogens with zero attached hydrogens (tertiary/aromatic N) is 1. The van der Waals surface area contributed by atoms with Gasteiger partial charge in [-0.2, -0.15) is 18.4 Å². The summed E-state index contributed by atoms with van der Waals surface area (Å²) < 4.78 is 41.5. The molecule has 3 aromatic carbocycles. The SMILES string of the molecule is N#Cc1cc(NC(=O)c2cccc3ccccc23)ccc1OCC(F)(F)F. The van der Waals surface area contributed by atoms with E-state index in [9.17, 15) is 18.0 Å². The number of rotatable bonds is 4. The van der Waals surface area contributed by atoms with Crippen molar-refractivity contribution in [3.05, 3.63) is 71.8 Å². The Morgan fingerprint density at radius 3 is 2.56 bits per heavy atom. The maximum absolute atomic E-state index is 12.6. The molecule has 0 fully saturated rings. The molecular formula is C20H13F3N2O2. The number of alkyl halides is 3. The van der Waals surface area contributed by atoms with Crippen LogP contribution in [0.25, 0.3) is 10.8 Å². The number of carbonyl (C=O) groups is 1. The number of amides is 1. The summed E-state index contributed by atoms with van der Waals surface area (Å²) in [7, 11) is 0. The van der Waals surface area contributed by atoms with E-state index in [2.05, 4.69) is 10.1 Å². The molecular weight excluding hydrogens is 357 g/mol. The maximum Gasteiger partial charge on any atom is 0.422 e. The van der Waals surface area contributed by atoms with E-state index in [1.54, 1.807) is 18.2 Å². The summed E-state index contributed by atoms with van der Waals surface area (Å²) in [4.78, 5) is 12.6. The van der Waals surface area contributed by atoms with Crippen molar-refractivity contribution >= 4 is 22.4 Å². The highest BCUT2D eigenvalue weighted by atomic mass is 19.4. The molecule has 0 spiro atoms. The molecule has 1 amide bonds. The van der Waals surface area contributed by atoms with Crippen molar-refractivity contribution in [3.8, 4) is 11.8 Å². The molecule has 0 radical (unpaired) electrons. The Morgan fingerprint density at radius 1 is 1.07 bits per heavy atom. The molecule has 7 heteroatoms. The zero-order valence-electron chi connectivity index (χ0n) is 13.9. The van der Waals surface area contributed by atoms with Crippen molar-refractivity contribution < 1.29 is 22.7 Å². The standard InChI is InChI=1S/C20H13F3N2O2/c21-20(22,23)12-27-18-9-8-15(10-14(18)11-24)25-19(26)17-7-3-5-13-4-1-2-6-16(13)17/h1-10H,12H2,(H,25,26). The van der Waals surface area contributed by atoms with Crippen LogP contribution >= 0.6 is 0 Å². The Kier molecular flexibility index (Phi) is 4.99. The van der Waals surface area contributed by atoms with Crippen LogP contribution in [-0.4, -0.2) is 18.7 Å². The van der Waals surface area contributed by atoms with Gasteiger partial charge in [-0.3, -0.25) is 4.79 Å². The first kappa shape index (κ1) is 18.3. The Balaban J connectivity index is 1.83. The predicted molar refractivity (Wildman–Crippen MR) is 94.6 cm³/mol. The molecule has 0 aromatic heterocycles. The predicted octanol–water partition coefficient (Wildman–Crippen LogP) is 4.90. The molecule has 0 saturated carbocycles. The van der Waals surface area contributed by atoms with E-state index in [1.165, 1.54) is 18.2 Å². The summed E-state index contributed by atoms with van der Waals surface area (Å²) in [6.45, 7) is -1.50. The van der Waals surface area contributed by atoms with Gasteiger partial charge in [0.15, 0.2) is 6.61 Å². The number of benzene rings is 3. The third-order valence-corrected chi connectivity index (χ3v) is 3.78. The maximum atomic E-state index is 12.6. The summed E-state index contributed by atoms with van der Waals surface area (Å²) in [5, 5.41) is 13.5. The average molecular weight is 370 g/mol. The molecule has 27 heavy (non-hydrogen) atoms. The lowest BCUT2D eigenvalue weighted by Crippen LogP contribution is -2.19. The molecule has 0 bridgehead atoms. The van der Waals surface area contributed by atoms with E-state index in [0.717, 1.165) is 10.8 Å². The number of carbonyl (C=O) groups excluding carboxylic acids is 1. The van der Waals surface area contributed by atoms with Crippen LogP contribution in [0.1, 0.15) is 15.9 Å². The molecule has 3 rings (SSSR count). The highest BCUT2D eigenvalue weighted by Crippen LogP contribution is 2.26. The van der Waals surface area contributed by atoms with E-state index in [-0.39, 0.29) is 22.9 Å². The molecule has 0 unspecified atom stereocenters. The van der Waals surface area contributed by atoms with Gasteiger partial charge in [-0.15, -0.1) is 0 Å². The summed E-state index contributed by atoms with van der Waals surface area (Å²) in [5.74, 6) is -0.586. The zero-order valence-corrected chi connectivity index (χ0v) is 13.9. The summed E-state index contributed by atoms with van der Waals surface area (Å²) in [5.41, 5.74) is 0.628. The molecule has 0 aliphatic carbocycles. The number of hydrogen-bond acceptors (Lipinski definition) is 3. The van der Waals surface area contributed by atoms with E-state index in [0.29, 0.717) is 5.56 Å². The van der Waals surface area contributed by atoms with Gasteiger partial charge in [0.25, 0.3) is 5.91 Å². The molecule has 0 aliphatic heterocycles. The Hall–Kier alpha value is -3.53. The molecule has 0 saturated heterocycles. The Bertz CT molecular complexity index is 1030. The van der Waals surface area contributed by atoms with Crippen LogP contribution < -0.4 is 10.1 Å². The number of ether oxygens (including phenoxy) is 1. The molecule has 0 aliphatic rings.